The minimum absolute atomic E-state index is 0.187. The van der Waals surface area contributed by atoms with Crippen molar-refractivity contribution in [3.05, 3.63) is 42.1 Å². The zero-order valence-electron chi connectivity index (χ0n) is 12.0. The molecular weight excluding hydrogens is 268 g/mol. The molecule has 0 saturated heterocycles. The molecule has 5 heteroatoms. The van der Waals surface area contributed by atoms with Crippen LogP contribution in [0, 0.1) is 5.92 Å². The summed E-state index contributed by atoms with van der Waals surface area (Å²) in [6.07, 6.45) is 2.08. The summed E-state index contributed by atoms with van der Waals surface area (Å²) < 4.78 is 0. The lowest BCUT2D eigenvalue weighted by molar-refractivity contribution is -0.139. The molecule has 110 valence electrons. The van der Waals surface area contributed by atoms with Gasteiger partial charge in [0, 0.05) is 17.1 Å². The first kappa shape index (κ1) is 15.0. The molecule has 0 bridgehead atoms. The first-order valence-corrected chi connectivity index (χ1v) is 6.86. The van der Waals surface area contributed by atoms with Crippen LogP contribution in [0.1, 0.15) is 30.6 Å². The standard InChI is InChI=1S/C16H18N2O3/c1-10(2)8-14(16(20)21)18-15(19)12-5-6-13-11(9-12)4-3-7-17-13/h3-7,9-10,14H,8H2,1-2H3,(H,18,19)(H,20,21)/t14-/m0/s1. The monoisotopic (exact) mass is 286 g/mol. The second-order valence-corrected chi connectivity index (χ2v) is 5.40. The summed E-state index contributed by atoms with van der Waals surface area (Å²) in [4.78, 5) is 27.6. The van der Waals surface area contributed by atoms with Gasteiger partial charge in [-0.1, -0.05) is 19.9 Å². The van der Waals surface area contributed by atoms with Crippen LogP contribution in [0.15, 0.2) is 36.5 Å². The summed E-state index contributed by atoms with van der Waals surface area (Å²) in [6, 6.07) is 7.90. The number of amides is 1. The van der Waals surface area contributed by atoms with E-state index in [0.29, 0.717) is 12.0 Å². The molecule has 0 spiro atoms. The fraction of sp³-hybridized carbons (Fsp3) is 0.312. The maximum atomic E-state index is 12.2. The number of carboxylic acid groups (broad SMARTS) is 1. The van der Waals surface area contributed by atoms with Crippen molar-refractivity contribution >= 4 is 22.8 Å². The zero-order chi connectivity index (χ0) is 15.4. The smallest absolute Gasteiger partial charge is 0.326 e. The highest BCUT2D eigenvalue weighted by atomic mass is 16.4. The van der Waals surface area contributed by atoms with E-state index in [1.165, 1.54) is 0 Å². The number of rotatable bonds is 5. The predicted octanol–water partition coefficient (Wildman–Crippen LogP) is 2.46. The van der Waals surface area contributed by atoms with Crippen molar-refractivity contribution in [2.24, 2.45) is 5.92 Å². The molecule has 21 heavy (non-hydrogen) atoms. The highest BCUT2D eigenvalue weighted by molar-refractivity contribution is 5.99. The van der Waals surface area contributed by atoms with Gasteiger partial charge in [0.15, 0.2) is 0 Å². The van der Waals surface area contributed by atoms with Crippen LogP contribution in [0.3, 0.4) is 0 Å². The lowest BCUT2D eigenvalue weighted by Crippen LogP contribution is -2.41. The van der Waals surface area contributed by atoms with Gasteiger partial charge in [0.25, 0.3) is 5.91 Å². The third-order valence-corrected chi connectivity index (χ3v) is 3.18. The van der Waals surface area contributed by atoms with E-state index >= 15 is 0 Å². The highest BCUT2D eigenvalue weighted by Crippen LogP contribution is 2.14. The van der Waals surface area contributed by atoms with E-state index < -0.39 is 12.0 Å². The van der Waals surface area contributed by atoms with E-state index in [1.54, 1.807) is 30.5 Å². The van der Waals surface area contributed by atoms with Crippen LogP contribution in [0.2, 0.25) is 0 Å². The fourth-order valence-electron chi connectivity index (χ4n) is 2.15. The van der Waals surface area contributed by atoms with E-state index in [-0.39, 0.29) is 11.8 Å². The number of carbonyl (C=O) groups excluding carboxylic acids is 1. The minimum Gasteiger partial charge on any atom is -0.480 e. The van der Waals surface area contributed by atoms with Crippen molar-refractivity contribution in [3.63, 3.8) is 0 Å². The van der Waals surface area contributed by atoms with Crippen LogP contribution in [0.4, 0.5) is 0 Å². The fourth-order valence-corrected chi connectivity index (χ4v) is 2.15. The van der Waals surface area contributed by atoms with Crippen molar-refractivity contribution in [1.29, 1.82) is 0 Å². The van der Waals surface area contributed by atoms with Crippen molar-refractivity contribution in [2.45, 2.75) is 26.3 Å². The number of pyridine rings is 1. The molecule has 0 unspecified atom stereocenters. The number of carboxylic acids is 1. The number of nitrogens with one attached hydrogen (secondary N) is 1. The van der Waals surface area contributed by atoms with Gasteiger partial charge in [-0.3, -0.25) is 9.78 Å². The maximum absolute atomic E-state index is 12.2. The minimum atomic E-state index is -1.01. The van der Waals surface area contributed by atoms with Crippen LogP contribution in [0.5, 0.6) is 0 Å². The lowest BCUT2D eigenvalue weighted by atomic mass is 10.0. The van der Waals surface area contributed by atoms with E-state index in [4.69, 9.17) is 5.11 Å². The molecule has 2 N–H and O–H groups in total. The Morgan fingerprint density at radius 2 is 2.05 bits per heavy atom. The van der Waals surface area contributed by atoms with Crippen molar-refractivity contribution in [3.8, 4) is 0 Å². The van der Waals surface area contributed by atoms with Crippen LogP contribution in [0.25, 0.3) is 10.9 Å². The molecule has 5 nitrogen and oxygen atoms in total. The van der Waals surface area contributed by atoms with E-state index in [0.717, 1.165) is 10.9 Å². The molecular formula is C16H18N2O3. The van der Waals surface area contributed by atoms with Gasteiger partial charge in [0.1, 0.15) is 6.04 Å². The first-order chi connectivity index (χ1) is 9.97. The number of carbonyl (C=O) groups is 2. The Kier molecular flexibility index (Phi) is 4.52. The van der Waals surface area contributed by atoms with E-state index in [1.807, 2.05) is 19.9 Å². The number of benzene rings is 1. The second kappa shape index (κ2) is 6.35. The third kappa shape index (κ3) is 3.78. The van der Waals surface area contributed by atoms with Gasteiger partial charge in [0.2, 0.25) is 0 Å². The molecule has 1 aromatic carbocycles. The van der Waals surface area contributed by atoms with Crippen LogP contribution in [-0.4, -0.2) is 28.0 Å². The Balaban J connectivity index is 2.19. The number of aromatic nitrogens is 1. The molecule has 1 atom stereocenters. The van der Waals surface area contributed by atoms with Gasteiger partial charge in [-0.05, 0) is 36.6 Å². The quantitative estimate of drug-likeness (QED) is 0.885. The first-order valence-electron chi connectivity index (χ1n) is 6.86. The number of hydrogen-bond acceptors (Lipinski definition) is 3. The Labute approximate surface area is 123 Å². The average molecular weight is 286 g/mol. The van der Waals surface area contributed by atoms with Gasteiger partial charge in [-0.2, -0.15) is 0 Å². The number of aliphatic carboxylic acids is 1. The van der Waals surface area contributed by atoms with Gasteiger partial charge in [-0.25, -0.2) is 4.79 Å². The normalized spacial score (nSPS) is 12.3. The van der Waals surface area contributed by atoms with E-state index in [9.17, 15) is 9.59 Å². The molecule has 0 saturated carbocycles. The molecule has 1 heterocycles. The molecule has 2 aromatic rings. The zero-order valence-corrected chi connectivity index (χ0v) is 12.0. The van der Waals surface area contributed by atoms with Gasteiger partial charge < -0.3 is 10.4 Å². The lowest BCUT2D eigenvalue weighted by Gasteiger charge is -2.16. The summed E-state index contributed by atoms with van der Waals surface area (Å²) in [5.41, 5.74) is 1.23. The van der Waals surface area contributed by atoms with Gasteiger partial charge >= 0.3 is 5.97 Å². The molecule has 1 aromatic heterocycles. The largest absolute Gasteiger partial charge is 0.480 e. The molecule has 2 rings (SSSR count). The van der Waals surface area contributed by atoms with Crippen molar-refractivity contribution in [1.82, 2.24) is 10.3 Å². The van der Waals surface area contributed by atoms with E-state index in [2.05, 4.69) is 10.3 Å². The topological polar surface area (TPSA) is 79.3 Å². The summed E-state index contributed by atoms with van der Waals surface area (Å²) >= 11 is 0. The predicted molar refractivity (Wildman–Crippen MR) is 80.1 cm³/mol. The van der Waals surface area contributed by atoms with Crippen molar-refractivity contribution in [2.75, 3.05) is 0 Å². The van der Waals surface area contributed by atoms with Crippen LogP contribution >= 0.6 is 0 Å². The number of hydrogen-bond donors (Lipinski definition) is 2. The average Bonchev–Trinajstić information content (AvgIpc) is 2.45. The molecule has 0 fully saturated rings. The number of nitrogens with zero attached hydrogens (tertiary/aromatic N) is 1. The summed E-state index contributed by atoms with van der Waals surface area (Å²) in [5, 5.41) is 12.6. The Bertz CT molecular complexity index is 667. The summed E-state index contributed by atoms with van der Waals surface area (Å²) in [5.74, 6) is -1.21. The molecule has 0 aliphatic rings. The van der Waals surface area contributed by atoms with Gasteiger partial charge in [-0.15, -0.1) is 0 Å². The maximum Gasteiger partial charge on any atom is 0.326 e. The SMILES string of the molecule is CC(C)C[C@H](NC(=O)c1ccc2ncccc2c1)C(=O)O. The molecule has 0 aliphatic carbocycles. The Hall–Kier alpha value is -2.43. The highest BCUT2D eigenvalue weighted by Gasteiger charge is 2.21. The number of fused-ring (bicyclic) bond motifs is 1. The molecule has 0 aliphatic heterocycles. The molecule has 0 radical (unpaired) electrons. The Morgan fingerprint density at radius 3 is 2.71 bits per heavy atom. The Morgan fingerprint density at radius 1 is 1.29 bits per heavy atom. The summed E-state index contributed by atoms with van der Waals surface area (Å²) in [7, 11) is 0. The van der Waals surface area contributed by atoms with Crippen LogP contribution < -0.4 is 5.32 Å². The van der Waals surface area contributed by atoms with Crippen LogP contribution in [-0.2, 0) is 4.79 Å². The van der Waals surface area contributed by atoms with Gasteiger partial charge in [0.05, 0.1) is 5.52 Å². The third-order valence-electron chi connectivity index (χ3n) is 3.18. The second-order valence-electron chi connectivity index (χ2n) is 5.40. The van der Waals surface area contributed by atoms with Crippen molar-refractivity contribution < 1.29 is 14.7 Å². The summed E-state index contributed by atoms with van der Waals surface area (Å²) in [6.45, 7) is 3.84. The molecule has 1 amide bonds.